The molecule has 0 aromatic heterocycles. The van der Waals surface area contributed by atoms with Crippen LogP contribution in [0.1, 0.15) is 18.4 Å². The lowest BCUT2D eigenvalue weighted by Crippen LogP contribution is -2.18. The van der Waals surface area contributed by atoms with Crippen molar-refractivity contribution >= 4 is 35.3 Å². The molecule has 0 unspecified atom stereocenters. The Morgan fingerprint density at radius 3 is 2.67 bits per heavy atom. The van der Waals surface area contributed by atoms with Gasteiger partial charge in [-0.3, -0.25) is 4.79 Å². The van der Waals surface area contributed by atoms with Crippen LogP contribution in [0.4, 0.5) is 4.39 Å². The van der Waals surface area contributed by atoms with Gasteiger partial charge in [-0.15, -0.1) is 0 Å². The van der Waals surface area contributed by atoms with Gasteiger partial charge in [0.15, 0.2) is 0 Å². The fraction of sp³-hybridized carbons (Fsp3) is 0.176. The van der Waals surface area contributed by atoms with E-state index in [1.165, 1.54) is 18.3 Å². The predicted molar refractivity (Wildman–Crippen MR) is 93.3 cm³/mol. The van der Waals surface area contributed by atoms with Crippen LogP contribution in [-0.4, -0.2) is 18.7 Å². The highest BCUT2D eigenvalue weighted by atomic mass is 35.5. The molecule has 0 saturated carbocycles. The summed E-state index contributed by atoms with van der Waals surface area (Å²) >= 11 is 11.8. The van der Waals surface area contributed by atoms with E-state index >= 15 is 0 Å². The Bertz CT molecular complexity index is 721. The van der Waals surface area contributed by atoms with E-state index < -0.39 is 0 Å². The van der Waals surface area contributed by atoms with E-state index in [0.717, 1.165) is 0 Å². The van der Waals surface area contributed by atoms with Gasteiger partial charge in [-0.1, -0.05) is 35.3 Å². The van der Waals surface area contributed by atoms with E-state index in [1.54, 1.807) is 30.3 Å². The van der Waals surface area contributed by atoms with Crippen LogP contribution >= 0.6 is 23.2 Å². The van der Waals surface area contributed by atoms with Crippen molar-refractivity contribution in [3.05, 3.63) is 63.9 Å². The summed E-state index contributed by atoms with van der Waals surface area (Å²) in [5.74, 6) is -0.0352. The largest absolute Gasteiger partial charge is 0.492 e. The lowest BCUT2D eigenvalue weighted by atomic mass is 10.2. The molecule has 0 radical (unpaired) electrons. The third-order valence-corrected chi connectivity index (χ3v) is 3.50. The van der Waals surface area contributed by atoms with E-state index in [1.807, 2.05) is 0 Å². The summed E-state index contributed by atoms with van der Waals surface area (Å²) in [6.07, 6.45) is 2.21. The topological polar surface area (TPSA) is 50.7 Å². The summed E-state index contributed by atoms with van der Waals surface area (Å²) in [6, 6.07) is 10.7. The van der Waals surface area contributed by atoms with Gasteiger partial charge in [0.1, 0.15) is 11.6 Å². The summed E-state index contributed by atoms with van der Waals surface area (Å²) in [7, 11) is 0. The van der Waals surface area contributed by atoms with Crippen molar-refractivity contribution in [2.24, 2.45) is 5.10 Å². The van der Waals surface area contributed by atoms with Crippen molar-refractivity contribution in [3.63, 3.8) is 0 Å². The molecule has 126 valence electrons. The van der Waals surface area contributed by atoms with Gasteiger partial charge >= 0.3 is 0 Å². The Kier molecular flexibility index (Phi) is 7.03. The maximum Gasteiger partial charge on any atom is 0.240 e. The van der Waals surface area contributed by atoms with Crippen molar-refractivity contribution in [1.82, 2.24) is 5.43 Å². The molecule has 1 N–H and O–H groups in total. The smallest absolute Gasteiger partial charge is 0.240 e. The highest BCUT2D eigenvalue weighted by molar-refractivity contribution is 6.35. The molecule has 2 aromatic rings. The molecule has 4 nitrogen and oxygen atoms in total. The zero-order valence-corrected chi connectivity index (χ0v) is 14.1. The molecule has 24 heavy (non-hydrogen) atoms. The maximum atomic E-state index is 12.7. The minimum Gasteiger partial charge on any atom is -0.492 e. The first-order valence-corrected chi connectivity index (χ1v) is 7.95. The Labute approximate surface area is 149 Å². The minimum absolute atomic E-state index is 0.237. The van der Waals surface area contributed by atoms with E-state index in [9.17, 15) is 9.18 Å². The van der Waals surface area contributed by atoms with Gasteiger partial charge in [0.25, 0.3) is 0 Å². The molecule has 0 aliphatic carbocycles. The van der Waals surface area contributed by atoms with Crippen LogP contribution in [0.3, 0.4) is 0 Å². The van der Waals surface area contributed by atoms with Gasteiger partial charge in [-0.05, 0) is 42.3 Å². The second kappa shape index (κ2) is 9.25. The highest BCUT2D eigenvalue weighted by Crippen LogP contribution is 2.27. The molecule has 1 amide bonds. The van der Waals surface area contributed by atoms with Crippen LogP contribution in [0.5, 0.6) is 5.75 Å². The second-order valence-electron chi connectivity index (χ2n) is 4.87. The van der Waals surface area contributed by atoms with Crippen LogP contribution < -0.4 is 10.2 Å². The molecular formula is C17H15Cl2FN2O2. The number of ether oxygens (including phenoxy) is 1. The van der Waals surface area contributed by atoms with Crippen molar-refractivity contribution in [3.8, 4) is 5.75 Å². The molecule has 0 aliphatic heterocycles. The zero-order chi connectivity index (χ0) is 17.4. The molecule has 7 heteroatoms. The molecule has 0 heterocycles. The number of hydrogen-bond acceptors (Lipinski definition) is 3. The molecular weight excluding hydrogens is 354 g/mol. The third kappa shape index (κ3) is 6.18. The van der Waals surface area contributed by atoms with Gasteiger partial charge in [-0.2, -0.15) is 5.10 Å². The van der Waals surface area contributed by atoms with Crippen molar-refractivity contribution < 1.29 is 13.9 Å². The Morgan fingerprint density at radius 2 is 1.96 bits per heavy atom. The molecule has 0 atom stereocenters. The van der Waals surface area contributed by atoms with Crippen LogP contribution in [0.15, 0.2) is 47.6 Å². The van der Waals surface area contributed by atoms with Gasteiger partial charge in [0.2, 0.25) is 5.91 Å². The zero-order valence-electron chi connectivity index (χ0n) is 12.6. The average Bonchev–Trinajstić information content (AvgIpc) is 2.55. The van der Waals surface area contributed by atoms with Crippen molar-refractivity contribution in [2.75, 3.05) is 6.61 Å². The molecule has 0 bridgehead atoms. The summed E-state index contributed by atoms with van der Waals surface area (Å²) < 4.78 is 18.2. The number of amides is 1. The monoisotopic (exact) mass is 368 g/mol. The lowest BCUT2D eigenvalue weighted by Gasteiger charge is -2.07. The van der Waals surface area contributed by atoms with Crippen LogP contribution in [0.2, 0.25) is 10.0 Å². The van der Waals surface area contributed by atoms with Crippen LogP contribution in [0.25, 0.3) is 0 Å². The number of nitrogens with zero attached hydrogens (tertiary/aromatic N) is 1. The quantitative estimate of drug-likeness (QED) is 0.446. The first-order chi connectivity index (χ1) is 11.5. The Balaban J connectivity index is 1.67. The predicted octanol–water partition coefficient (Wildman–Crippen LogP) is 4.44. The van der Waals surface area contributed by atoms with E-state index in [4.69, 9.17) is 27.9 Å². The van der Waals surface area contributed by atoms with Crippen LogP contribution in [0, 0.1) is 5.82 Å². The summed E-state index contributed by atoms with van der Waals surface area (Å²) in [4.78, 5) is 11.6. The fourth-order valence-corrected chi connectivity index (χ4v) is 2.25. The van der Waals surface area contributed by atoms with Gasteiger partial charge in [0.05, 0.1) is 17.8 Å². The number of rotatable bonds is 7. The number of halogens is 3. The number of carbonyl (C=O) groups is 1. The first-order valence-electron chi connectivity index (χ1n) is 7.20. The van der Waals surface area contributed by atoms with Gasteiger partial charge < -0.3 is 4.74 Å². The van der Waals surface area contributed by atoms with E-state index in [0.29, 0.717) is 34.4 Å². The van der Waals surface area contributed by atoms with Crippen molar-refractivity contribution in [2.45, 2.75) is 12.8 Å². The molecule has 2 aromatic carbocycles. The normalized spacial score (nSPS) is 10.8. The SMILES string of the molecule is O=C(CCCOc1ccc(Cl)cc1Cl)N/N=C\c1ccc(F)cc1. The molecule has 0 fully saturated rings. The van der Waals surface area contributed by atoms with Crippen LogP contribution in [-0.2, 0) is 4.79 Å². The number of benzene rings is 2. The number of hydrazone groups is 1. The number of hydrogen-bond donors (Lipinski definition) is 1. The van der Waals surface area contributed by atoms with E-state index in [2.05, 4.69) is 10.5 Å². The second-order valence-corrected chi connectivity index (χ2v) is 5.72. The molecule has 0 saturated heterocycles. The molecule has 0 aliphatic rings. The summed E-state index contributed by atoms with van der Waals surface area (Å²) in [5, 5.41) is 4.77. The molecule has 0 spiro atoms. The standard InChI is InChI=1S/C17H15Cl2FN2O2/c18-13-5-8-16(15(19)10-13)24-9-1-2-17(23)22-21-11-12-3-6-14(20)7-4-12/h3-8,10-11H,1-2,9H2,(H,22,23)/b21-11-. The summed E-state index contributed by atoms with van der Waals surface area (Å²) in [5.41, 5.74) is 3.09. The van der Waals surface area contributed by atoms with Crippen molar-refractivity contribution in [1.29, 1.82) is 0 Å². The van der Waals surface area contributed by atoms with Gasteiger partial charge in [-0.25, -0.2) is 9.82 Å². The minimum atomic E-state index is -0.322. The Morgan fingerprint density at radius 1 is 1.21 bits per heavy atom. The lowest BCUT2D eigenvalue weighted by molar-refractivity contribution is -0.121. The fourth-order valence-electron chi connectivity index (χ4n) is 1.79. The first kappa shape index (κ1) is 18.2. The summed E-state index contributed by atoms with van der Waals surface area (Å²) in [6.45, 7) is 0.344. The Hall–Kier alpha value is -2.11. The van der Waals surface area contributed by atoms with E-state index in [-0.39, 0.29) is 18.1 Å². The maximum absolute atomic E-state index is 12.7. The highest BCUT2D eigenvalue weighted by Gasteiger charge is 2.04. The van der Waals surface area contributed by atoms with Gasteiger partial charge in [0, 0.05) is 11.4 Å². The molecule has 2 rings (SSSR count). The number of nitrogens with one attached hydrogen (secondary N) is 1. The number of carbonyl (C=O) groups excluding carboxylic acids is 1. The third-order valence-electron chi connectivity index (χ3n) is 2.97. The average molecular weight is 369 g/mol.